The predicted octanol–water partition coefficient (Wildman–Crippen LogP) is 4.24. The summed E-state index contributed by atoms with van der Waals surface area (Å²) in [6, 6.07) is 13.4. The van der Waals surface area contributed by atoms with Crippen molar-refractivity contribution in [2.75, 3.05) is 0 Å². The van der Waals surface area contributed by atoms with Crippen LogP contribution in [0.4, 0.5) is 4.79 Å². The molecule has 0 spiro atoms. The molecule has 1 aromatic heterocycles. The standard InChI is InChI=1S/C13H16O5.C11H10N2O2/c1-13(2,3)18-12(16)17-8-9-5-4-6-10(7-9)11(14)15;1-7(14)13-6-9(11(12)15)8-4-2-3-5-10(8)13/h4-7H,8H2,1-3H3,(H,14,15);2-6H,1H3,(H2,12,15). The first-order chi connectivity index (χ1) is 15.4. The van der Waals surface area contributed by atoms with Crippen molar-refractivity contribution in [1.82, 2.24) is 4.57 Å². The Bertz CT molecular complexity index is 1140. The molecule has 0 saturated carbocycles. The number of carbonyl (C=O) groups is 4. The van der Waals surface area contributed by atoms with E-state index in [1.807, 2.05) is 6.07 Å². The number of nitrogens with two attached hydrogens (primary N) is 1. The molecule has 33 heavy (non-hydrogen) atoms. The number of nitrogens with zero attached hydrogens (tertiary/aromatic N) is 1. The molecule has 0 bridgehead atoms. The molecule has 0 saturated heterocycles. The topological polar surface area (TPSA) is 138 Å². The fourth-order valence-electron chi connectivity index (χ4n) is 2.85. The molecular formula is C24H26N2O7. The fraction of sp³-hybridized carbons (Fsp3) is 0.250. The minimum absolute atomic E-state index is 0.0178. The first-order valence-electron chi connectivity index (χ1n) is 9.98. The van der Waals surface area contributed by atoms with Gasteiger partial charge in [0, 0.05) is 18.5 Å². The van der Waals surface area contributed by atoms with Gasteiger partial charge in [0.25, 0.3) is 5.91 Å². The van der Waals surface area contributed by atoms with Gasteiger partial charge in [-0.05, 0) is 44.5 Å². The highest BCUT2D eigenvalue weighted by molar-refractivity contribution is 6.08. The molecule has 0 fully saturated rings. The van der Waals surface area contributed by atoms with Gasteiger partial charge < -0.3 is 20.3 Å². The fourth-order valence-corrected chi connectivity index (χ4v) is 2.85. The molecule has 3 aromatic rings. The quantitative estimate of drug-likeness (QED) is 0.562. The number of hydrogen-bond donors (Lipinski definition) is 2. The van der Waals surface area contributed by atoms with Crippen LogP contribution in [0.3, 0.4) is 0 Å². The minimum atomic E-state index is -1.02. The highest BCUT2D eigenvalue weighted by Crippen LogP contribution is 2.20. The largest absolute Gasteiger partial charge is 0.509 e. The summed E-state index contributed by atoms with van der Waals surface area (Å²) in [5, 5.41) is 9.52. The lowest BCUT2D eigenvalue weighted by atomic mass is 10.1. The molecule has 0 atom stereocenters. The highest BCUT2D eigenvalue weighted by Gasteiger charge is 2.17. The Morgan fingerprint density at radius 2 is 1.70 bits per heavy atom. The molecule has 0 aliphatic carbocycles. The van der Waals surface area contributed by atoms with Crippen molar-refractivity contribution >= 4 is 34.8 Å². The van der Waals surface area contributed by atoms with E-state index in [9.17, 15) is 19.2 Å². The predicted molar refractivity (Wildman–Crippen MR) is 121 cm³/mol. The number of aromatic nitrogens is 1. The Hall–Kier alpha value is -4.14. The van der Waals surface area contributed by atoms with Gasteiger partial charge >= 0.3 is 12.1 Å². The van der Waals surface area contributed by atoms with Crippen LogP contribution in [-0.2, 0) is 16.1 Å². The van der Waals surface area contributed by atoms with E-state index < -0.39 is 23.6 Å². The number of hydrogen-bond acceptors (Lipinski definition) is 6. The lowest BCUT2D eigenvalue weighted by molar-refractivity contribution is -0.0108. The third-order valence-corrected chi connectivity index (χ3v) is 4.24. The molecule has 9 nitrogen and oxygen atoms in total. The molecule has 174 valence electrons. The number of primary amides is 1. The maximum atomic E-state index is 11.3. The zero-order chi connectivity index (χ0) is 24.8. The number of para-hydroxylation sites is 1. The number of amides is 1. The Morgan fingerprint density at radius 3 is 2.27 bits per heavy atom. The monoisotopic (exact) mass is 454 g/mol. The van der Waals surface area contributed by atoms with Gasteiger partial charge in [0.15, 0.2) is 0 Å². The van der Waals surface area contributed by atoms with Gasteiger partial charge in [-0.3, -0.25) is 14.2 Å². The van der Waals surface area contributed by atoms with Crippen LogP contribution in [0.15, 0.2) is 54.7 Å². The summed E-state index contributed by atoms with van der Waals surface area (Å²) in [6.45, 7) is 6.63. The number of aromatic carboxylic acids is 1. The van der Waals surface area contributed by atoms with Crippen molar-refractivity contribution in [3.8, 4) is 0 Å². The second-order valence-electron chi connectivity index (χ2n) is 8.07. The molecule has 9 heteroatoms. The van der Waals surface area contributed by atoms with E-state index in [1.165, 1.54) is 29.8 Å². The van der Waals surface area contributed by atoms with Crippen LogP contribution in [0.2, 0.25) is 0 Å². The van der Waals surface area contributed by atoms with Gasteiger partial charge in [0.2, 0.25) is 5.91 Å². The van der Waals surface area contributed by atoms with E-state index in [1.54, 1.807) is 51.1 Å². The molecular weight excluding hydrogens is 428 g/mol. The molecule has 2 aromatic carbocycles. The van der Waals surface area contributed by atoms with Crippen LogP contribution >= 0.6 is 0 Å². The van der Waals surface area contributed by atoms with Gasteiger partial charge in [0.05, 0.1) is 16.6 Å². The van der Waals surface area contributed by atoms with Crippen LogP contribution < -0.4 is 5.73 Å². The smallest absolute Gasteiger partial charge is 0.478 e. The van der Waals surface area contributed by atoms with Gasteiger partial charge in [-0.2, -0.15) is 0 Å². The van der Waals surface area contributed by atoms with Gasteiger partial charge in [-0.1, -0.05) is 30.3 Å². The Kier molecular flexibility index (Phi) is 7.95. The Labute approximate surface area is 190 Å². The molecule has 0 unspecified atom stereocenters. The summed E-state index contributed by atoms with van der Waals surface area (Å²) in [7, 11) is 0. The number of carboxylic acids is 1. The summed E-state index contributed by atoms with van der Waals surface area (Å²) in [6.07, 6.45) is 0.707. The minimum Gasteiger partial charge on any atom is -0.478 e. The average molecular weight is 454 g/mol. The summed E-state index contributed by atoms with van der Waals surface area (Å²) in [4.78, 5) is 44.5. The Morgan fingerprint density at radius 1 is 1.03 bits per heavy atom. The molecule has 1 heterocycles. The van der Waals surface area contributed by atoms with Crippen LogP contribution in [0, 0.1) is 0 Å². The van der Waals surface area contributed by atoms with E-state index in [2.05, 4.69) is 0 Å². The van der Waals surface area contributed by atoms with Crippen LogP contribution in [0.25, 0.3) is 10.9 Å². The van der Waals surface area contributed by atoms with Crippen molar-refractivity contribution in [3.05, 3.63) is 71.4 Å². The van der Waals surface area contributed by atoms with Crippen LogP contribution in [0.1, 0.15) is 58.8 Å². The van der Waals surface area contributed by atoms with Crippen LogP contribution in [-0.4, -0.2) is 39.2 Å². The lowest BCUT2D eigenvalue weighted by Crippen LogP contribution is -2.24. The summed E-state index contributed by atoms with van der Waals surface area (Å²) >= 11 is 0. The number of rotatable bonds is 4. The average Bonchev–Trinajstić information content (AvgIpc) is 3.12. The summed E-state index contributed by atoms with van der Waals surface area (Å²) < 4.78 is 11.3. The molecule has 3 N–H and O–H groups in total. The first-order valence-corrected chi connectivity index (χ1v) is 9.98. The summed E-state index contributed by atoms with van der Waals surface area (Å²) in [5.74, 6) is -1.68. The maximum Gasteiger partial charge on any atom is 0.509 e. The lowest BCUT2D eigenvalue weighted by Gasteiger charge is -2.18. The number of benzene rings is 2. The second kappa shape index (κ2) is 10.4. The first kappa shape index (κ1) is 25.1. The van der Waals surface area contributed by atoms with E-state index in [0.717, 1.165) is 0 Å². The van der Waals surface area contributed by atoms with Gasteiger partial charge in [0.1, 0.15) is 12.2 Å². The van der Waals surface area contributed by atoms with Crippen molar-refractivity contribution in [3.63, 3.8) is 0 Å². The molecule has 1 amide bonds. The molecule has 0 radical (unpaired) electrons. The third kappa shape index (κ3) is 7.20. The van der Waals surface area contributed by atoms with Crippen LogP contribution in [0.5, 0.6) is 0 Å². The van der Waals surface area contributed by atoms with E-state index in [-0.39, 0.29) is 18.1 Å². The van der Waals surface area contributed by atoms with Crippen molar-refractivity contribution in [2.24, 2.45) is 5.73 Å². The Balaban J connectivity index is 0.000000237. The van der Waals surface area contributed by atoms with E-state index >= 15 is 0 Å². The zero-order valence-corrected chi connectivity index (χ0v) is 18.8. The summed E-state index contributed by atoms with van der Waals surface area (Å²) in [5.41, 5.74) is 6.45. The highest BCUT2D eigenvalue weighted by atomic mass is 16.7. The number of carbonyl (C=O) groups excluding carboxylic acids is 3. The maximum absolute atomic E-state index is 11.3. The molecule has 3 rings (SSSR count). The molecule has 0 aliphatic heterocycles. The van der Waals surface area contributed by atoms with Crippen molar-refractivity contribution in [1.29, 1.82) is 0 Å². The molecule has 0 aliphatic rings. The van der Waals surface area contributed by atoms with E-state index in [0.29, 0.717) is 22.0 Å². The third-order valence-electron chi connectivity index (χ3n) is 4.24. The normalized spacial score (nSPS) is 10.7. The van der Waals surface area contributed by atoms with Gasteiger partial charge in [-0.15, -0.1) is 0 Å². The zero-order valence-electron chi connectivity index (χ0n) is 18.8. The van der Waals surface area contributed by atoms with E-state index in [4.69, 9.17) is 20.3 Å². The van der Waals surface area contributed by atoms with Gasteiger partial charge in [-0.25, -0.2) is 9.59 Å². The SMILES string of the molecule is CC(=O)n1cc(C(N)=O)c2ccccc21.CC(C)(C)OC(=O)OCc1cccc(C(=O)O)c1. The second-order valence-corrected chi connectivity index (χ2v) is 8.07. The van der Waals surface area contributed by atoms with Crippen molar-refractivity contribution in [2.45, 2.75) is 39.9 Å². The number of carboxylic acid groups (broad SMARTS) is 1. The number of ether oxygens (including phenoxy) is 2. The number of fused-ring (bicyclic) bond motifs is 1. The van der Waals surface area contributed by atoms with Crippen molar-refractivity contribution < 1.29 is 33.8 Å².